The Morgan fingerprint density at radius 3 is 0.675 bits per heavy atom. The maximum atomic E-state index is 3.59. The molecule has 8 unspecified atom stereocenters. The monoisotopic (exact) mass is 1050 g/mol. The van der Waals surface area contributed by atoms with Gasteiger partial charge in [0.15, 0.2) is 0 Å². The summed E-state index contributed by atoms with van der Waals surface area (Å²) >= 11 is 0. The van der Waals surface area contributed by atoms with Crippen molar-refractivity contribution in [3.63, 3.8) is 0 Å². The van der Waals surface area contributed by atoms with Crippen LogP contribution in [0.25, 0.3) is 0 Å². The molecule has 0 spiro atoms. The molecule has 0 aliphatic rings. The van der Waals surface area contributed by atoms with Gasteiger partial charge < -0.3 is 42.5 Å². The van der Waals surface area contributed by atoms with Crippen molar-refractivity contribution in [2.75, 3.05) is 42.5 Å². The first-order valence-corrected chi connectivity index (χ1v) is 30.4. The fourth-order valence-electron chi connectivity index (χ4n) is 7.89. The van der Waals surface area contributed by atoms with Crippen LogP contribution >= 0.6 is 0 Å². The van der Waals surface area contributed by atoms with Crippen molar-refractivity contribution in [2.45, 2.75) is 244 Å². The minimum absolute atomic E-state index is 0.514. The van der Waals surface area contributed by atoms with E-state index in [4.69, 9.17) is 0 Å². The van der Waals surface area contributed by atoms with Gasteiger partial charge in [0.25, 0.3) is 0 Å². The molecule has 0 aliphatic carbocycles. The minimum Gasteiger partial charge on any atom is -0.383 e. The summed E-state index contributed by atoms with van der Waals surface area (Å²) in [6.07, 6.45) is 12.8. The summed E-state index contributed by atoms with van der Waals surface area (Å²) in [6, 6.07) is 47.5. The highest BCUT2D eigenvalue weighted by atomic mass is 15.0. The second-order valence-corrected chi connectivity index (χ2v) is 23.0. The van der Waals surface area contributed by atoms with Crippen LogP contribution in [-0.2, 0) is 6.42 Å². The summed E-state index contributed by atoms with van der Waals surface area (Å²) in [5, 5.41) is 28.2. The number of nitrogens with one attached hydrogen (secondary N) is 8. The van der Waals surface area contributed by atoms with Crippen LogP contribution in [0.3, 0.4) is 0 Å². The third kappa shape index (κ3) is 30.9. The Morgan fingerprint density at radius 1 is 0.247 bits per heavy atom. The van der Waals surface area contributed by atoms with Gasteiger partial charge >= 0.3 is 0 Å². The Labute approximate surface area is 473 Å². The predicted octanol–water partition coefficient (Wildman–Crippen LogP) is 20.1. The molecule has 8 atom stereocenters. The van der Waals surface area contributed by atoms with Crippen molar-refractivity contribution in [3.05, 3.63) is 132 Å². The lowest BCUT2D eigenvalue weighted by Gasteiger charge is -2.20. The fraction of sp³-hybridized carbons (Fsp3) is 0.565. The fourth-order valence-corrected chi connectivity index (χ4v) is 7.89. The van der Waals surface area contributed by atoms with Gasteiger partial charge in [0, 0.05) is 82.5 Å². The predicted molar refractivity (Wildman–Crippen MR) is 350 cm³/mol. The van der Waals surface area contributed by atoms with Gasteiger partial charge in [-0.2, -0.15) is 0 Å². The molecule has 8 heteroatoms. The Kier molecular flexibility index (Phi) is 34.2. The van der Waals surface area contributed by atoms with E-state index in [0.29, 0.717) is 48.3 Å². The highest BCUT2D eigenvalue weighted by Crippen LogP contribution is 2.24. The molecule has 0 bridgehead atoms. The van der Waals surface area contributed by atoms with Gasteiger partial charge in [-0.3, -0.25) is 0 Å². The molecule has 8 nitrogen and oxygen atoms in total. The maximum Gasteiger partial charge on any atom is 0.0578 e. The summed E-state index contributed by atoms with van der Waals surface area (Å²) in [4.78, 5) is 0. The quantitative estimate of drug-likeness (QED) is 0.0231. The number of hydrogen-bond donors (Lipinski definition) is 8. The molecule has 0 amide bonds. The zero-order valence-corrected chi connectivity index (χ0v) is 52.1. The second kappa shape index (κ2) is 39.0. The number of benzene rings is 5. The van der Waals surface area contributed by atoms with Gasteiger partial charge in [-0.05, 0) is 234 Å². The third-order valence-electron chi connectivity index (χ3n) is 14.3. The van der Waals surface area contributed by atoms with Gasteiger partial charge in [0.2, 0.25) is 0 Å². The molecule has 0 aromatic heterocycles. The second-order valence-electron chi connectivity index (χ2n) is 23.0. The molecule has 5 aromatic carbocycles. The zero-order valence-electron chi connectivity index (χ0n) is 52.1. The average molecular weight is 1060 g/mol. The molecule has 430 valence electrons. The van der Waals surface area contributed by atoms with Crippen LogP contribution in [-0.4, -0.2) is 48.3 Å². The third-order valence-corrected chi connectivity index (χ3v) is 14.3. The van der Waals surface area contributed by atoms with Crippen LogP contribution in [0, 0.1) is 11.8 Å². The van der Waals surface area contributed by atoms with Crippen LogP contribution < -0.4 is 42.5 Å². The zero-order chi connectivity index (χ0) is 57.1. The average Bonchev–Trinajstić information content (AvgIpc) is 3.42. The van der Waals surface area contributed by atoms with Crippen molar-refractivity contribution in [3.8, 4) is 0 Å². The number of anilines is 8. The standard InChI is InChI=1S/C21H30N2.C20H36N2.2C14H24N2/c1-5-16(3)22-20-11-7-18(8-12-20)15-19-9-13-21(14-10-19)23-17(4)6-2;1-15(2)7-9-17(5)21-19-11-13-20(14-12-19)22-18(6)10-8-16(3)4;1-5-11(3)15-13-7-9-14(10-8-13)16-12(4)6-2;1-5-11(3)15-13-9-7-8-10-14(13)16-12(4)6-2/h7-14,16-17,22-23H,5-6,15H2,1-4H3;11-18,21-22H,7-10H2,1-6H3;2*7-12,15-16H,5-6H2,1-4H3. The summed E-state index contributed by atoms with van der Waals surface area (Å²) in [5.41, 5.74) is 12.4. The topological polar surface area (TPSA) is 96.2 Å². The molecule has 8 N–H and O–H groups in total. The van der Waals surface area contributed by atoms with E-state index >= 15 is 0 Å². The van der Waals surface area contributed by atoms with Crippen LogP contribution in [0.15, 0.2) is 121 Å². The molecule has 0 aliphatic heterocycles. The van der Waals surface area contributed by atoms with E-state index in [9.17, 15) is 0 Å². The maximum absolute atomic E-state index is 3.59. The molecule has 77 heavy (non-hydrogen) atoms. The van der Waals surface area contributed by atoms with Crippen molar-refractivity contribution in [1.82, 2.24) is 0 Å². The van der Waals surface area contributed by atoms with Crippen LogP contribution in [0.5, 0.6) is 0 Å². The smallest absolute Gasteiger partial charge is 0.0578 e. The van der Waals surface area contributed by atoms with Crippen LogP contribution in [0.1, 0.15) is 200 Å². The molecule has 0 heterocycles. The lowest BCUT2D eigenvalue weighted by atomic mass is 10.0. The highest BCUT2D eigenvalue weighted by Gasteiger charge is 2.09. The van der Waals surface area contributed by atoms with E-state index in [-0.39, 0.29) is 0 Å². The Hall–Kier alpha value is -5.50. The molecule has 0 saturated heterocycles. The first-order chi connectivity index (χ1) is 36.8. The lowest BCUT2D eigenvalue weighted by molar-refractivity contribution is 0.527. The largest absolute Gasteiger partial charge is 0.383 e. The highest BCUT2D eigenvalue weighted by molar-refractivity contribution is 5.69. The Balaban J connectivity index is 0.000000356. The first-order valence-electron chi connectivity index (χ1n) is 30.4. The molecule has 5 rings (SSSR count). The molecular formula is C69H114N8. The summed E-state index contributed by atoms with van der Waals surface area (Å²) < 4.78 is 0. The number of para-hydroxylation sites is 2. The van der Waals surface area contributed by atoms with Crippen molar-refractivity contribution >= 4 is 45.5 Å². The van der Waals surface area contributed by atoms with Crippen LogP contribution in [0.4, 0.5) is 45.5 Å². The van der Waals surface area contributed by atoms with Gasteiger partial charge in [0.1, 0.15) is 0 Å². The molecule has 0 saturated carbocycles. The normalized spacial score (nSPS) is 14.0. The van der Waals surface area contributed by atoms with Gasteiger partial charge in [-0.25, -0.2) is 0 Å². The van der Waals surface area contributed by atoms with E-state index in [2.05, 4.69) is 288 Å². The van der Waals surface area contributed by atoms with Crippen LogP contribution in [0.2, 0.25) is 0 Å². The van der Waals surface area contributed by atoms with E-state index in [1.807, 2.05) is 0 Å². The SMILES string of the molecule is CC(C)CCC(C)Nc1ccc(NC(C)CCC(C)C)cc1.CCC(C)Nc1ccc(Cc2ccc(NC(C)CC)cc2)cc1.CCC(C)Nc1ccc(NC(C)CC)cc1.CCC(C)Nc1ccccc1NC(C)CC. The summed E-state index contributed by atoms with van der Waals surface area (Å²) in [5.74, 6) is 1.56. The van der Waals surface area contributed by atoms with Crippen molar-refractivity contribution in [2.24, 2.45) is 11.8 Å². The van der Waals surface area contributed by atoms with E-state index in [1.54, 1.807) is 0 Å². The van der Waals surface area contributed by atoms with Gasteiger partial charge in [-0.1, -0.05) is 106 Å². The van der Waals surface area contributed by atoms with E-state index in [0.717, 1.165) is 56.8 Å². The number of hydrogen-bond acceptors (Lipinski definition) is 8. The first kappa shape index (κ1) is 67.6. The van der Waals surface area contributed by atoms with Gasteiger partial charge in [0.05, 0.1) is 11.4 Å². The molecule has 5 aromatic rings. The van der Waals surface area contributed by atoms with Crippen molar-refractivity contribution < 1.29 is 0 Å². The Morgan fingerprint density at radius 2 is 0.455 bits per heavy atom. The lowest BCUT2D eigenvalue weighted by Crippen LogP contribution is -2.18. The summed E-state index contributed by atoms with van der Waals surface area (Å²) in [6.45, 7) is 40.1. The van der Waals surface area contributed by atoms with E-state index < -0.39 is 0 Å². The molecule has 0 fully saturated rings. The van der Waals surface area contributed by atoms with E-state index in [1.165, 1.54) is 82.3 Å². The molecular weight excluding hydrogens is 941 g/mol. The van der Waals surface area contributed by atoms with Gasteiger partial charge in [-0.15, -0.1) is 0 Å². The molecule has 0 radical (unpaired) electrons. The minimum atomic E-state index is 0.514. The Bertz CT molecular complexity index is 2030. The summed E-state index contributed by atoms with van der Waals surface area (Å²) in [7, 11) is 0. The van der Waals surface area contributed by atoms with Crippen molar-refractivity contribution in [1.29, 1.82) is 0 Å². The number of rotatable bonds is 30.